The smallest absolute Gasteiger partial charge is 0.140 e. The standard InChI is InChI=1S/C12H11BrClNOS/c1-8-7-17-11(15-8)6-16-12-9(5-14)3-2-4-10(12)13/h2-4,7H,5-6H2,1H3. The minimum Gasteiger partial charge on any atom is -0.485 e. The summed E-state index contributed by atoms with van der Waals surface area (Å²) in [5.74, 6) is 1.24. The third-order valence-corrected chi connectivity index (χ3v) is 4.05. The second-order valence-electron chi connectivity index (χ2n) is 3.53. The maximum Gasteiger partial charge on any atom is 0.140 e. The van der Waals surface area contributed by atoms with E-state index in [2.05, 4.69) is 20.9 Å². The molecular weight excluding hydrogens is 322 g/mol. The first-order valence-corrected chi connectivity index (χ1v) is 7.28. The van der Waals surface area contributed by atoms with Crippen molar-refractivity contribution < 1.29 is 4.74 Å². The van der Waals surface area contributed by atoms with Gasteiger partial charge in [-0.15, -0.1) is 22.9 Å². The van der Waals surface area contributed by atoms with E-state index in [9.17, 15) is 0 Å². The van der Waals surface area contributed by atoms with Crippen molar-refractivity contribution >= 4 is 38.9 Å². The number of thiazole rings is 1. The second-order valence-corrected chi connectivity index (χ2v) is 5.60. The Morgan fingerprint density at radius 3 is 2.94 bits per heavy atom. The van der Waals surface area contributed by atoms with Crippen molar-refractivity contribution in [2.24, 2.45) is 0 Å². The van der Waals surface area contributed by atoms with Crippen molar-refractivity contribution in [2.75, 3.05) is 0 Å². The van der Waals surface area contributed by atoms with Crippen LogP contribution in [0.2, 0.25) is 0 Å². The summed E-state index contributed by atoms with van der Waals surface area (Å²) in [7, 11) is 0. The number of ether oxygens (including phenoxy) is 1. The van der Waals surface area contributed by atoms with E-state index in [-0.39, 0.29) is 0 Å². The fourth-order valence-electron chi connectivity index (χ4n) is 1.42. The molecule has 2 rings (SSSR count). The summed E-state index contributed by atoms with van der Waals surface area (Å²) in [5, 5.41) is 2.99. The number of para-hydroxylation sites is 1. The van der Waals surface area contributed by atoms with E-state index in [1.165, 1.54) is 0 Å². The van der Waals surface area contributed by atoms with E-state index in [1.54, 1.807) is 11.3 Å². The molecule has 5 heteroatoms. The van der Waals surface area contributed by atoms with Gasteiger partial charge in [0.1, 0.15) is 17.4 Å². The van der Waals surface area contributed by atoms with Gasteiger partial charge in [-0.3, -0.25) is 0 Å². The maximum absolute atomic E-state index is 5.88. The number of benzene rings is 1. The van der Waals surface area contributed by atoms with Gasteiger partial charge in [0.25, 0.3) is 0 Å². The topological polar surface area (TPSA) is 22.1 Å². The van der Waals surface area contributed by atoms with Gasteiger partial charge >= 0.3 is 0 Å². The average Bonchev–Trinajstić information content (AvgIpc) is 2.73. The first kappa shape index (κ1) is 12.9. The average molecular weight is 333 g/mol. The number of nitrogens with zero attached hydrogens (tertiary/aromatic N) is 1. The first-order valence-electron chi connectivity index (χ1n) is 5.08. The number of aryl methyl sites for hydroxylation is 1. The van der Waals surface area contributed by atoms with E-state index in [4.69, 9.17) is 16.3 Å². The monoisotopic (exact) mass is 331 g/mol. The Hall–Kier alpha value is -0.580. The fourth-order valence-corrected chi connectivity index (χ4v) is 2.84. The third-order valence-electron chi connectivity index (χ3n) is 2.20. The summed E-state index contributed by atoms with van der Waals surface area (Å²) in [4.78, 5) is 4.36. The molecule has 90 valence electrons. The van der Waals surface area contributed by atoms with Crippen molar-refractivity contribution in [1.29, 1.82) is 0 Å². The fraction of sp³-hybridized carbons (Fsp3) is 0.250. The molecule has 0 aliphatic carbocycles. The van der Waals surface area contributed by atoms with Crippen LogP contribution in [-0.2, 0) is 12.5 Å². The summed E-state index contributed by atoms with van der Waals surface area (Å²) in [6.07, 6.45) is 0. The highest BCUT2D eigenvalue weighted by atomic mass is 79.9. The highest BCUT2D eigenvalue weighted by Crippen LogP contribution is 2.31. The van der Waals surface area contributed by atoms with Crippen LogP contribution in [0.5, 0.6) is 5.75 Å². The van der Waals surface area contributed by atoms with Crippen LogP contribution in [-0.4, -0.2) is 4.98 Å². The number of hydrogen-bond donors (Lipinski definition) is 0. The highest BCUT2D eigenvalue weighted by molar-refractivity contribution is 9.10. The SMILES string of the molecule is Cc1csc(COc2c(Br)cccc2CCl)n1. The first-order chi connectivity index (χ1) is 8.20. The Morgan fingerprint density at radius 1 is 1.47 bits per heavy atom. The zero-order valence-corrected chi connectivity index (χ0v) is 12.4. The van der Waals surface area contributed by atoms with Crippen molar-refractivity contribution in [3.8, 4) is 5.75 Å². The Balaban J connectivity index is 2.13. The predicted octanol–water partition coefficient (Wildman–Crippen LogP) is 4.53. The van der Waals surface area contributed by atoms with Crippen LogP contribution in [0, 0.1) is 6.92 Å². The zero-order valence-electron chi connectivity index (χ0n) is 9.24. The molecule has 0 aliphatic heterocycles. The number of hydrogen-bond acceptors (Lipinski definition) is 3. The molecule has 0 N–H and O–H groups in total. The normalized spacial score (nSPS) is 10.5. The van der Waals surface area contributed by atoms with Gasteiger partial charge in [-0.1, -0.05) is 12.1 Å². The Labute approximate surface area is 118 Å². The Morgan fingerprint density at radius 2 is 2.29 bits per heavy atom. The molecule has 0 spiro atoms. The van der Waals surface area contributed by atoms with E-state index >= 15 is 0 Å². The molecule has 0 fully saturated rings. The van der Waals surface area contributed by atoms with E-state index < -0.39 is 0 Å². The predicted molar refractivity (Wildman–Crippen MR) is 74.9 cm³/mol. The minimum atomic E-state index is 0.436. The number of alkyl halides is 1. The summed E-state index contributed by atoms with van der Waals surface area (Å²) in [6, 6.07) is 5.85. The molecular formula is C12H11BrClNOS. The summed E-state index contributed by atoms with van der Waals surface area (Å²) >= 11 is 10.9. The maximum atomic E-state index is 5.88. The largest absolute Gasteiger partial charge is 0.485 e. The van der Waals surface area contributed by atoms with Gasteiger partial charge in [0, 0.05) is 16.6 Å². The quantitative estimate of drug-likeness (QED) is 0.767. The molecule has 0 saturated carbocycles. The molecule has 1 heterocycles. The van der Waals surface area contributed by atoms with Gasteiger partial charge in [-0.25, -0.2) is 4.98 Å². The van der Waals surface area contributed by atoms with Gasteiger partial charge < -0.3 is 4.74 Å². The van der Waals surface area contributed by atoms with Crippen molar-refractivity contribution in [3.63, 3.8) is 0 Å². The molecule has 2 nitrogen and oxygen atoms in total. The second kappa shape index (κ2) is 5.85. The molecule has 0 aliphatic rings. The number of aromatic nitrogens is 1. The summed E-state index contributed by atoms with van der Waals surface area (Å²) in [6.45, 7) is 2.45. The highest BCUT2D eigenvalue weighted by Gasteiger charge is 2.08. The van der Waals surface area contributed by atoms with Crippen LogP contribution < -0.4 is 4.74 Å². The van der Waals surface area contributed by atoms with Crippen LogP contribution in [0.4, 0.5) is 0 Å². The van der Waals surface area contributed by atoms with E-state index in [1.807, 2.05) is 30.5 Å². The molecule has 0 amide bonds. The molecule has 0 atom stereocenters. The van der Waals surface area contributed by atoms with E-state index in [0.717, 1.165) is 26.5 Å². The molecule has 2 aromatic rings. The number of rotatable bonds is 4. The third kappa shape index (κ3) is 3.21. The lowest BCUT2D eigenvalue weighted by atomic mass is 10.2. The van der Waals surface area contributed by atoms with Gasteiger partial charge in [-0.05, 0) is 28.9 Å². The minimum absolute atomic E-state index is 0.436. The molecule has 1 aromatic carbocycles. The Kier molecular flexibility index (Phi) is 4.42. The molecule has 17 heavy (non-hydrogen) atoms. The molecule has 0 radical (unpaired) electrons. The Bertz CT molecular complexity index is 515. The number of halogens is 2. The van der Waals surface area contributed by atoms with Gasteiger partial charge in [0.2, 0.25) is 0 Å². The van der Waals surface area contributed by atoms with Crippen molar-refractivity contribution in [2.45, 2.75) is 19.4 Å². The van der Waals surface area contributed by atoms with Gasteiger partial charge in [0.15, 0.2) is 0 Å². The van der Waals surface area contributed by atoms with E-state index in [0.29, 0.717) is 12.5 Å². The lowest BCUT2D eigenvalue weighted by Gasteiger charge is -2.10. The lowest BCUT2D eigenvalue weighted by Crippen LogP contribution is -1.98. The summed E-state index contributed by atoms with van der Waals surface area (Å²) < 4.78 is 6.70. The van der Waals surface area contributed by atoms with Gasteiger partial charge in [-0.2, -0.15) is 0 Å². The van der Waals surface area contributed by atoms with Crippen LogP contribution in [0.25, 0.3) is 0 Å². The molecule has 0 unspecified atom stereocenters. The van der Waals surface area contributed by atoms with Crippen LogP contribution in [0.3, 0.4) is 0 Å². The van der Waals surface area contributed by atoms with Crippen molar-refractivity contribution in [3.05, 3.63) is 44.3 Å². The van der Waals surface area contributed by atoms with Crippen molar-refractivity contribution in [1.82, 2.24) is 4.98 Å². The van der Waals surface area contributed by atoms with Crippen LogP contribution in [0.1, 0.15) is 16.3 Å². The summed E-state index contributed by atoms with van der Waals surface area (Å²) in [5.41, 5.74) is 2.01. The van der Waals surface area contributed by atoms with Gasteiger partial charge in [0.05, 0.1) is 10.4 Å². The molecule has 0 saturated heterocycles. The lowest BCUT2D eigenvalue weighted by molar-refractivity contribution is 0.301. The molecule has 0 bridgehead atoms. The van der Waals surface area contributed by atoms with Crippen LogP contribution >= 0.6 is 38.9 Å². The molecule has 1 aromatic heterocycles. The zero-order chi connectivity index (χ0) is 12.3. The van der Waals surface area contributed by atoms with Crippen LogP contribution in [0.15, 0.2) is 28.1 Å².